The number of aliphatic hydroxyl groups excluding tert-OH is 1. The third-order valence-corrected chi connectivity index (χ3v) is 2.26. The molecule has 2 aliphatic heterocycles. The molecule has 0 aromatic rings. The molecule has 0 aliphatic carbocycles. The van der Waals surface area contributed by atoms with E-state index in [0.29, 0.717) is 12.3 Å². The van der Waals surface area contributed by atoms with Gasteiger partial charge in [0.2, 0.25) is 0 Å². The van der Waals surface area contributed by atoms with E-state index in [9.17, 15) is 9.90 Å². The minimum atomic E-state index is -1.16. The molecule has 0 saturated heterocycles. The molecule has 0 bridgehead atoms. The molecule has 5 nitrogen and oxygen atoms in total. The Morgan fingerprint density at radius 2 is 2.33 bits per heavy atom. The number of carboxylic acids is 1. The van der Waals surface area contributed by atoms with Gasteiger partial charge in [0.1, 0.15) is 5.71 Å². The van der Waals surface area contributed by atoms with Crippen molar-refractivity contribution in [3.63, 3.8) is 0 Å². The van der Waals surface area contributed by atoms with Gasteiger partial charge in [0.15, 0.2) is 11.5 Å². The van der Waals surface area contributed by atoms with E-state index in [0.717, 1.165) is 5.57 Å². The van der Waals surface area contributed by atoms with Crippen molar-refractivity contribution in [3.8, 4) is 0 Å². The fraction of sp³-hybridized carbons (Fsp3) is 0.200. The third kappa shape index (κ3) is 1.41. The average Bonchev–Trinajstić information content (AvgIpc) is 2.17. The zero-order valence-corrected chi connectivity index (χ0v) is 8.14. The SMILES string of the molecule is CN1C=C2C=CCN=C2C(O)=C1C(=O)O. The number of hydrogen-bond donors (Lipinski definition) is 2. The monoisotopic (exact) mass is 206 g/mol. The summed E-state index contributed by atoms with van der Waals surface area (Å²) in [6, 6.07) is 0. The van der Waals surface area contributed by atoms with Crippen molar-refractivity contribution in [2.24, 2.45) is 4.99 Å². The normalized spacial score (nSPS) is 19.7. The molecule has 0 atom stereocenters. The van der Waals surface area contributed by atoms with Gasteiger partial charge in [-0.3, -0.25) is 4.99 Å². The summed E-state index contributed by atoms with van der Waals surface area (Å²) in [6.07, 6.45) is 5.30. The summed E-state index contributed by atoms with van der Waals surface area (Å²) in [5.74, 6) is -1.44. The lowest BCUT2D eigenvalue weighted by Gasteiger charge is -2.24. The van der Waals surface area contributed by atoms with Crippen LogP contribution in [-0.2, 0) is 4.79 Å². The first-order valence-electron chi connectivity index (χ1n) is 4.44. The van der Waals surface area contributed by atoms with Crippen molar-refractivity contribution in [1.29, 1.82) is 0 Å². The predicted molar refractivity (Wildman–Crippen MR) is 54.6 cm³/mol. The lowest BCUT2D eigenvalue weighted by Crippen LogP contribution is -2.29. The summed E-state index contributed by atoms with van der Waals surface area (Å²) in [5, 5.41) is 18.7. The molecule has 2 rings (SSSR count). The van der Waals surface area contributed by atoms with Crippen LogP contribution in [0.2, 0.25) is 0 Å². The molecular formula is C10H10N2O3. The lowest BCUT2D eigenvalue weighted by atomic mass is 10.0. The van der Waals surface area contributed by atoms with Crippen LogP contribution in [0.3, 0.4) is 0 Å². The Balaban J connectivity index is 2.52. The number of fused-ring (bicyclic) bond motifs is 1. The fourth-order valence-corrected chi connectivity index (χ4v) is 1.61. The highest BCUT2D eigenvalue weighted by Gasteiger charge is 2.28. The number of carboxylic acid groups (broad SMARTS) is 1. The number of aliphatic imine (C=N–C) groups is 1. The van der Waals surface area contributed by atoms with E-state index in [4.69, 9.17) is 5.11 Å². The van der Waals surface area contributed by atoms with Crippen LogP contribution in [0.5, 0.6) is 0 Å². The first-order chi connectivity index (χ1) is 7.11. The van der Waals surface area contributed by atoms with Gasteiger partial charge in [0, 0.05) is 18.8 Å². The number of rotatable bonds is 1. The van der Waals surface area contributed by atoms with Crippen LogP contribution in [0.25, 0.3) is 0 Å². The van der Waals surface area contributed by atoms with Gasteiger partial charge in [-0.05, 0) is 0 Å². The Hall–Kier alpha value is -2.04. The van der Waals surface area contributed by atoms with Crippen molar-refractivity contribution in [1.82, 2.24) is 4.90 Å². The number of allylic oxidation sites excluding steroid dienone is 2. The number of likely N-dealkylation sites (N-methyl/N-ethyl adjacent to an activating group) is 1. The van der Waals surface area contributed by atoms with E-state index >= 15 is 0 Å². The fourth-order valence-electron chi connectivity index (χ4n) is 1.61. The molecule has 0 aromatic carbocycles. The topological polar surface area (TPSA) is 73.1 Å². The second-order valence-electron chi connectivity index (χ2n) is 3.29. The first kappa shape index (κ1) is 9.51. The number of dihydropyridines is 1. The molecule has 2 heterocycles. The first-order valence-corrected chi connectivity index (χ1v) is 4.44. The van der Waals surface area contributed by atoms with Gasteiger partial charge in [-0.25, -0.2) is 4.79 Å². The molecular weight excluding hydrogens is 196 g/mol. The molecule has 5 heteroatoms. The van der Waals surface area contributed by atoms with Gasteiger partial charge in [-0.1, -0.05) is 12.2 Å². The summed E-state index contributed by atoms with van der Waals surface area (Å²) in [5.41, 5.74) is 0.937. The molecule has 0 saturated carbocycles. The molecule has 2 N–H and O–H groups in total. The quantitative estimate of drug-likeness (QED) is 0.661. The summed E-state index contributed by atoms with van der Waals surface area (Å²) in [6.45, 7) is 0.466. The van der Waals surface area contributed by atoms with Crippen LogP contribution in [0.15, 0.2) is 40.4 Å². The summed E-state index contributed by atoms with van der Waals surface area (Å²) >= 11 is 0. The second kappa shape index (κ2) is 3.27. The van der Waals surface area contributed by atoms with Crippen molar-refractivity contribution in [2.75, 3.05) is 13.6 Å². The number of nitrogens with zero attached hydrogens (tertiary/aromatic N) is 2. The van der Waals surface area contributed by atoms with Gasteiger partial charge in [0.05, 0.1) is 6.54 Å². The molecule has 15 heavy (non-hydrogen) atoms. The van der Waals surface area contributed by atoms with Crippen LogP contribution in [0, 0.1) is 0 Å². The second-order valence-corrected chi connectivity index (χ2v) is 3.29. The maximum Gasteiger partial charge on any atom is 0.356 e. The Labute approximate surface area is 86.3 Å². The van der Waals surface area contributed by atoms with E-state index in [1.807, 2.05) is 12.2 Å². The van der Waals surface area contributed by atoms with Crippen molar-refractivity contribution < 1.29 is 15.0 Å². The maximum atomic E-state index is 10.9. The van der Waals surface area contributed by atoms with Gasteiger partial charge in [-0.15, -0.1) is 0 Å². The Bertz CT molecular complexity index is 444. The predicted octanol–water partition coefficient (Wildman–Crippen LogP) is 0.681. The van der Waals surface area contributed by atoms with Crippen molar-refractivity contribution in [3.05, 3.63) is 35.4 Å². The third-order valence-electron chi connectivity index (χ3n) is 2.26. The van der Waals surface area contributed by atoms with Gasteiger partial charge >= 0.3 is 5.97 Å². The molecule has 0 spiro atoms. The van der Waals surface area contributed by atoms with E-state index in [1.54, 1.807) is 13.2 Å². The molecule has 0 unspecified atom stereocenters. The zero-order chi connectivity index (χ0) is 11.0. The molecule has 0 radical (unpaired) electrons. The number of carbonyl (C=O) groups is 1. The molecule has 0 amide bonds. The standard InChI is InChI=1S/C10H10N2O3/c1-12-5-6-3-2-4-11-7(6)9(13)8(12)10(14)15/h2-3,5,13H,4H2,1H3,(H,14,15). The van der Waals surface area contributed by atoms with Crippen LogP contribution in [0.4, 0.5) is 0 Å². The van der Waals surface area contributed by atoms with E-state index in [1.165, 1.54) is 4.90 Å². The van der Waals surface area contributed by atoms with Crippen molar-refractivity contribution >= 4 is 11.7 Å². The smallest absolute Gasteiger partial charge is 0.356 e. The molecule has 0 aromatic heterocycles. The highest BCUT2D eigenvalue weighted by Crippen LogP contribution is 2.23. The van der Waals surface area contributed by atoms with Gasteiger partial charge in [-0.2, -0.15) is 0 Å². The summed E-state index contributed by atoms with van der Waals surface area (Å²) < 4.78 is 0. The van der Waals surface area contributed by atoms with E-state index in [2.05, 4.69) is 4.99 Å². The highest BCUT2D eigenvalue weighted by atomic mass is 16.4. The van der Waals surface area contributed by atoms with Crippen molar-refractivity contribution in [2.45, 2.75) is 0 Å². The minimum absolute atomic E-state index is 0.146. The number of hydrogen-bond acceptors (Lipinski definition) is 4. The molecule has 0 fully saturated rings. The number of aliphatic hydroxyl groups is 1. The largest absolute Gasteiger partial charge is 0.504 e. The van der Waals surface area contributed by atoms with Gasteiger partial charge < -0.3 is 15.1 Å². The van der Waals surface area contributed by atoms with Crippen LogP contribution < -0.4 is 0 Å². The lowest BCUT2D eigenvalue weighted by molar-refractivity contribution is -0.134. The maximum absolute atomic E-state index is 10.9. The van der Waals surface area contributed by atoms with Crippen LogP contribution in [0.1, 0.15) is 0 Å². The Morgan fingerprint density at radius 3 is 3.00 bits per heavy atom. The van der Waals surface area contributed by atoms with E-state index in [-0.39, 0.29) is 11.5 Å². The summed E-state index contributed by atoms with van der Waals surface area (Å²) in [4.78, 5) is 16.3. The van der Waals surface area contributed by atoms with Crippen LogP contribution >= 0.6 is 0 Å². The Kier molecular flexibility index (Phi) is 2.07. The Morgan fingerprint density at radius 1 is 1.60 bits per heavy atom. The van der Waals surface area contributed by atoms with Crippen LogP contribution in [-0.4, -0.2) is 40.4 Å². The van der Waals surface area contributed by atoms with E-state index < -0.39 is 5.97 Å². The summed E-state index contributed by atoms with van der Waals surface area (Å²) in [7, 11) is 1.58. The number of aliphatic carboxylic acids is 1. The molecule has 78 valence electrons. The average molecular weight is 206 g/mol. The zero-order valence-electron chi connectivity index (χ0n) is 8.14. The minimum Gasteiger partial charge on any atom is -0.504 e. The molecule has 2 aliphatic rings. The van der Waals surface area contributed by atoms with Gasteiger partial charge in [0.25, 0.3) is 0 Å². The highest BCUT2D eigenvalue weighted by molar-refractivity contribution is 6.17.